The molecule has 1 aliphatic rings. The van der Waals surface area contributed by atoms with Gasteiger partial charge >= 0.3 is 0 Å². The van der Waals surface area contributed by atoms with E-state index in [-0.39, 0.29) is 11.6 Å². The molecule has 0 aromatic heterocycles. The predicted octanol–water partition coefficient (Wildman–Crippen LogP) is 4.07. The fraction of sp³-hybridized carbons (Fsp3) is 0.667. The average Bonchev–Trinajstić information content (AvgIpc) is 2.47. The highest BCUT2D eigenvalue weighted by Gasteiger charge is 2.40. The van der Waals surface area contributed by atoms with Crippen LogP contribution in [0.25, 0.3) is 0 Å². The van der Waals surface area contributed by atoms with Gasteiger partial charge in [0.15, 0.2) is 0 Å². The van der Waals surface area contributed by atoms with Gasteiger partial charge in [-0.05, 0) is 44.0 Å². The van der Waals surface area contributed by atoms with Gasteiger partial charge in [-0.2, -0.15) is 0 Å². The quantitative estimate of drug-likeness (QED) is 0.896. The molecular formula is C18H30N2. The molecule has 2 N–H and O–H groups in total. The molecule has 1 fully saturated rings. The van der Waals surface area contributed by atoms with E-state index in [0.717, 1.165) is 0 Å². The molecule has 0 spiro atoms. The van der Waals surface area contributed by atoms with E-state index in [9.17, 15) is 0 Å². The van der Waals surface area contributed by atoms with Crippen LogP contribution in [0.2, 0.25) is 0 Å². The summed E-state index contributed by atoms with van der Waals surface area (Å²) in [7, 11) is 4.38. The monoisotopic (exact) mass is 274 g/mol. The van der Waals surface area contributed by atoms with Crippen LogP contribution in [0.3, 0.4) is 0 Å². The summed E-state index contributed by atoms with van der Waals surface area (Å²) in [4.78, 5) is 2.37. The molecule has 0 radical (unpaired) electrons. The van der Waals surface area contributed by atoms with Crippen molar-refractivity contribution in [3.63, 3.8) is 0 Å². The van der Waals surface area contributed by atoms with Crippen LogP contribution in [0.15, 0.2) is 24.3 Å². The van der Waals surface area contributed by atoms with Crippen LogP contribution in [0, 0.1) is 0 Å². The summed E-state index contributed by atoms with van der Waals surface area (Å²) in [5.41, 5.74) is 9.50. The Morgan fingerprint density at radius 3 is 1.90 bits per heavy atom. The lowest BCUT2D eigenvalue weighted by molar-refractivity contribution is 0.0713. The van der Waals surface area contributed by atoms with Gasteiger partial charge in [-0.25, -0.2) is 0 Å². The van der Waals surface area contributed by atoms with E-state index < -0.39 is 0 Å². The Balaban J connectivity index is 2.25. The Hall–Kier alpha value is -0.860. The molecule has 1 aromatic carbocycles. The van der Waals surface area contributed by atoms with Gasteiger partial charge in [-0.3, -0.25) is 0 Å². The van der Waals surface area contributed by atoms with Crippen molar-refractivity contribution in [2.24, 2.45) is 5.73 Å². The zero-order valence-corrected chi connectivity index (χ0v) is 13.5. The van der Waals surface area contributed by atoms with E-state index in [2.05, 4.69) is 57.1 Å². The molecule has 1 saturated carbocycles. The molecular weight excluding hydrogens is 244 g/mol. The molecule has 1 atom stereocenters. The minimum atomic E-state index is 0.110. The zero-order chi connectivity index (χ0) is 14.8. The van der Waals surface area contributed by atoms with Crippen LogP contribution >= 0.6 is 0 Å². The SMILES string of the molecule is CC(C)c1ccc(C(N)C2(N(C)C)CCCCC2)cc1. The summed E-state index contributed by atoms with van der Waals surface area (Å²) in [5, 5.41) is 0. The second-order valence-corrected chi connectivity index (χ2v) is 6.86. The fourth-order valence-electron chi connectivity index (χ4n) is 3.60. The van der Waals surface area contributed by atoms with Crippen LogP contribution in [0.1, 0.15) is 69.0 Å². The van der Waals surface area contributed by atoms with Gasteiger partial charge in [0.1, 0.15) is 0 Å². The minimum Gasteiger partial charge on any atom is -0.322 e. The third kappa shape index (κ3) is 2.91. The Morgan fingerprint density at radius 2 is 1.45 bits per heavy atom. The molecule has 0 bridgehead atoms. The number of nitrogens with two attached hydrogens (primary N) is 1. The molecule has 20 heavy (non-hydrogen) atoms. The van der Waals surface area contributed by atoms with E-state index in [1.54, 1.807) is 0 Å². The fourth-order valence-corrected chi connectivity index (χ4v) is 3.60. The molecule has 2 rings (SSSR count). The van der Waals surface area contributed by atoms with E-state index in [0.29, 0.717) is 5.92 Å². The molecule has 0 saturated heterocycles. The van der Waals surface area contributed by atoms with E-state index >= 15 is 0 Å². The number of likely N-dealkylation sites (N-methyl/N-ethyl adjacent to an activating group) is 1. The smallest absolute Gasteiger partial charge is 0.0481 e. The first kappa shape index (κ1) is 15.5. The number of hydrogen-bond acceptors (Lipinski definition) is 2. The molecule has 112 valence electrons. The van der Waals surface area contributed by atoms with Crippen molar-refractivity contribution >= 4 is 0 Å². The maximum atomic E-state index is 6.69. The van der Waals surface area contributed by atoms with Crippen LogP contribution in [0.4, 0.5) is 0 Å². The number of nitrogens with zero attached hydrogens (tertiary/aromatic N) is 1. The van der Waals surface area contributed by atoms with E-state index in [1.165, 1.54) is 43.2 Å². The van der Waals surface area contributed by atoms with Gasteiger partial charge < -0.3 is 10.6 Å². The molecule has 1 unspecified atom stereocenters. The summed E-state index contributed by atoms with van der Waals surface area (Å²) in [6.07, 6.45) is 6.39. The van der Waals surface area contributed by atoms with Crippen molar-refractivity contribution in [3.05, 3.63) is 35.4 Å². The predicted molar refractivity (Wildman–Crippen MR) is 87.0 cm³/mol. The first-order valence-electron chi connectivity index (χ1n) is 8.00. The van der Waals surface area contributed by atoms with Gasteiger partial charge in [0.05, 0.1) is 0 Å². The lowest BCUT2D eigenvalue weighted by Gasteiger charge is -2.47. The van der Waals surface area contributed by atoms with E-state index in [4.69, 9.17) is 5.73 Å². The highest BCUT2D eigenvalue weighted by atomic mass is 15.2. The van der Waals surface area contributed by atoms with Crippen LogP contribution in [-0.4, -0.2) is 24.5 Å². The highest BCUT2D eigenvalue weighted by Crippen LogP contribution is 2.40. The molecule has 0 amide bonds. The highest BCUT2D eigenvalue weighted by molar-refractivity contribution is 5.29. The summed E-state index contributed by atoms with van der Waals surface area (Å²) >= 11 is 0. The topological polar surface area (TPSA) is 29.3 Å². The molecule has 1 aromatic rings. The normalized spacial score (nSPS) is 20.4. The molecule has 2 nitrogen and oxygen atoms in total. The number of benzene rings is 1. The van der Waals surface area contributed by atoms with E-state index in [1.807, 2.05) is 0 Å². The Labute approximate surface area is 124 Å². The molecule has 1 aliphatic carbocycles. The van der Waals surface area contributed by atoms with Crippen molar-refractivity contribution in [1.82, 2.24) is 4.90 Å². The number of hydrogen-bond donors (Lipinski definition) is 1. The maximum absolute atomic E-state index is 6.69. The van der Waals surface area contributed by atoms with Gasteiger partial charge in [0.25, 0.3) is 0 Å². The van der Waals surface area contributed by atoms with Crippen LogP contribution in [0.5, 0.6) is 0 Å². The second-order valence-electron chi connectivity index (χ2n) is 6.86. The van der Waals surface area contributed by atoms with Crippen molar-refractivity contribution < 1.29 is 0 Å². The lowest BCUT2D eigenvalue weighted by Crippen LogP contribution is -2.53. The summed E-state index contributed by atoms with van der Waals surface area (Å²) in [5.74, 6) is 0.581. The van der Waals surface area contributed by atoms with Gasteiger partial charge in [-0.1, -0.05) is 57.4 Å². The van der Waals surface area contributed by atoms with Gasteiger partial charge in [-0.15, -0.1) is 0 Å². The van der Waals surface area contributed by atoms with Crippen molar-refractivity contribution in [3.8, 4) is 0 Å². The van der Waals surface area contributed by atoms with Gasteiger partial charge in [0, 0.05) is 11.6 Å². The second kappa shape index (κ2) is 6.28. The third-order valence-corrected chi connectivity index (χ3v) is 5.15. The first-order chi connectivity index (χ1) is 9.47. The Morgan fingerprint density at radius 1 is 0.950 bits per heavy atom. The van der Waals surface area contributed by atoms with Crippen molar-refractivity contribution in [2.75, 3.05) is 14.1 Å². The standard InChI is InChI=1S/C18H30N2/c1-14(2)15-8-10-16(11-9-15)17(19)18(20(3)4)12-6-5-7-13-18/h8-11,14,17H,5-7,12-13,19H2,1-4H3. The van der Waals surface area contributed by atoms with Crippen molar-refractivity contribution in [2.45, 2.75) is 63.5 Å². The summed E-state index contributed by atoms with van der Waals surface area (Å²) < 4.78 is 0. The average molecular weight is 274 g/mol. The molecule has 0 aliphatic heterocycles. The Kier molecular flexibility index (Phi) is 4.87. The number of rotatable bonds is 4. The minimum absolute atomic E-state index is 0.110. The summed E-state index contributed by atoms with van der Waals surface area (Å²) in [6.45, 7) is 4.47. The third-order valence-electron chi connectivity index (χ3n) is 5.15. The maximum Gasteiger partial charge on any atom is 0.0481 e. The largest absolute Gasteiger partial charge is 0.322 e. The zero-order valence-electron chi connectivity index (χ0n) is 13.5. The molecule has 0 heterocycles. The lowest BCUT2D eigenvalue weighted by atomic mass is 9.73. The summed E-state index contributed by atoms with van der Waals surface area (Å²) in [6, 6.07) is 9.07. The first-order valence-corrected chi connectivity index (χ1v) is 8.00. The Bertz CT molecular complexity index is 414. The van der Waals surface area contributed by atoms with Crippen molar-refractivity contribution in [1.29, 1.82) is 0 Å². The molecule has 2 heteroatoms. The van der Waals surface area contributed by atoms with Crippen LogP contribution in [-0.2, 0) is 0 Å². The van der Waals surface area contributed by atoms with Gasteiger partial charge in [0.2, 0.25) is 0 Å². The van der Waals surface area contributed by atoms with Crippen LogP contribution < -0.4 is 5.73 Å².